The summed E-state index contributed by atoms with van der Waals surface area (Å²) in [6.07, 6.45) is 0. The van der Waals surface area contributed by atoms with Crippen LogP contribution in [0.1, 0.15) is 33.3 Å². The molecule has 0 heterocycles. The van der Waals surface area contributed by atoms with Crippen molar-refractivity contribution in [1.29, 1.82) is 0 Å². The Kier molecular flexibility index (Phi) is 9.27. The van der Waals surface area contributed by atoms with Crippen molar-refractivity contribution in [1.82, 2.24) is 5.32 Å². The van der Waals surface area contributed by atoms with Crippen LogP contribution in [-0.4, -0.2) is 19.8 Å². The summed E-state index contributed by atoms with van der Waals surface area (Å²) in [6.45, 7) is 10.0. The van der Waals surface area contributed by atoms with Crippen molar-refractivity contribution in [2.24, 2.45) is 5.92 Å². The van der Waals surface area contributed by atoms with Crippen LogP contribution in [0.25, 0.3) is 0 Å². The van der Waals surface area contributed by atoms with Gasteiger partial charge >= 0.3 is 0 Å². The first-order valence-corrected chi connectivity index (χ1v) is 7.46. The third-order valence-electron chi connectivity index (χ3n) is 2.56. The Morgan fingerprint density at radius 1 is 1.20 bits per heavy atom. The van der Waals surface area contributed by atoms with Gasteiger partial charge in [0.2, 0.25) is 0 Å². The summed E-state index contributed by atoms with van der Waals surface area (Å²) in [5, 5.41) is 3.39. The molecule has 5 heteroatoms. The van der Waals surface area contributed by atoms with E-state index in [1.165, 1.54) is 5.56 Å². The van der Waals surface area contributed by atoms with Crippen LogP contribution in [0.15, 0.2) is 16.6 Å². The first kappa shape index (κ1) is 19.6. The molecule has 1 rings (SSSR count). The van der Waals surface area contributed by atoms with E-state index in [2.05, 4.69) is 55.0 Å². The van der Waals surface area contributed by atoms with Gasteiger partial charge in [0.1, 0.15) is 0 Å². The summed E-state index contributed by atoms with van der Waals surface area (Å²) in [7, 11) is 1.67. The highest BCUT2D eigenvalue weighted by Crippen LogP contribution is 2.36. The van der Waals surface area contributed by atoms with E-state index in [0.717, 1.165) is 22.5 Å². The zero-order chi connectivity index (χ0) is 14.4. The number of ether oxygens (including phenoxy) is 2. The molecule has 1 aromatic carbocycles. The van der Waals surface area contributed by atoms with Gasteiger partial charge in [-0.3, -0.25) is 0 Å². The van der Waals surface area contributed by atoms with Gasteiger partial charge in [0.15, 0.2) is 11.5 Å². The zero-order valence-electron chi connectivity index (χ0n) is 12.8. The Labute approximate surface area is 137 Å². The van der Waals surface area contributed by atoms with Gasteiger partial charge in [0.25, 0.3) is 0 Å². The van der Waals surface area contributed by atoms with Crippen LogP contribution in [0.5, 0.6) is 11.5 Å². The fraction of sp³-hybridized carbons (Fsp3) is 0.600. The van der Waals surface area contributed by atoms with E-state index in [4.69, 9.17) is 9.47 Å². The quantitative estimate of drug-likeness (QED) is 0.775. The molecule has 0 spiro atoms. The second-order valence-electron chi connectivity index (χ2n) is 5.35. The average molecular weight is 367 g/mol. The van der Waals surface area contributed by atoms with E-state index < -0.39 is 0 Å². The van der Waals surface area contributed by atoms with Crippen molar-refractivity contribution in [3.05, 3.63) is 22.2 Å². The number of hydrogen-bond acceptors (Lipinski definition) is 3. The van der Waals surface area contributed by atoms with Gasteiger partial charge in [0, 0.05) is 12.6 Å². The maximum absolute atomic E-state index is 5.81. The first-order chi connectivity index (χ1) is 8.93. The molecule has 0 bridgehead atoms. The molecule has 0 aliphatic carbocycles. The topological polar surface area (TPSA) is 30.5 Å². The summed E-state index contributed by atoms with van der Waals surface area (Å²) in [5.41, 5.74) is 1.18. The van der Waals surface area contributed by atoms with Crippen molar-refractivity contribution in [2.75, 3.05) is 13.7 Å². The van der Waals surface area contributed by atoms with Gasteiger partial charge in [-0.2, -0.15) is 0 Å². The predicted molar refractivity (Wildman–Crippen MR) is 90.3 cm³/mol. The minimum Gasteiger partial charge on any atom is -0.493 e. The first-order valence-electron chi connectivity index (χ1n) is 6.66. The summed E-state index contributed by atoms with van der Waals surface area (Å²) >= 11 is 3.56. The Balaban J connectivity index is 0.00000361. The van der Waals surface area contributed by atoms with Crippen molar-refractivity contribution in [3.8, 4) is 11.5 Å². The summed E-state index contributed by atoms with van der Waals surface area (Å²) in [4.78, 5) is 0. The van der Waals surface area contributed by atoms with Crippen molar-refractivity contribution in [3.63, 3.8) is 0 Å². The van der Waals surface area contributed by atoms with Crippen LogP contribution >= 0.6 is 28.3 Å². The smallest absolute Gasteiger partial charge is 0.175 e. The lowest BCUT2D eigenvalue weighted by Gasteiger charge is -2.16. The molecule has 1 aromatic rings. The molecule has 20 heavy (non-hydrogen) atoms. The molecule has 0 radical (unpaired) electrons. The highest BCUT2D eigenvalue weighted by molar-refractivity contribution is 9.10. The number of hydrogen-bond donors (Lipinski definition) is 1. The summed E-state index contributed by atoms with van der Waals surface area (Å²) in [6, 6.07) is 4.56. The van der Waals surface area contributed by atoms with Gasteiger partial charge in [-0.25, -0.2) is 0 Å². The molecule has 116 valence electrons. The van der Waals surface area contributed by atoms with Crippen molar-refractivity contribution < 1.29 is 9.47 Å². The van der Waals surface area contributed by atoms with Crippen LogP contribution < -0.4 is 14.8 Å². The van der Waals surface area contributed by atoms with Crippen LogP contribution in [0.3, 0.4) is 0 Å². The standard InChI is InChI=1S/C15H24BrNO2.ClH/c1-10(2)9-19-15-13(16)6-12(7-14(15)18-5)8-17-11(3)4;/h6-7,10-11,17H,8-9H2,1-5H3;1H. The lowest BCUT2D eigenvalue weighted by Crippen LogP contribution is -2.21. The Morgan fingerprint density at radius 2 is 1.85 bits per heavy atom. The fourth-order valence-corrected chi connectivity index (χ4v) is 2.19. The molecule has 0 fully saturated rings. The minimum absolute atomic E-state index is 0. The highest BCUT2D eigenvalue weighted by Gasteiger charge is 2.12. The van der Waals surface area contributed by atoms with Crippen LogP contribution in [-0.2, 0) is 6.54 Å². The largest absolute Gasteiger partial charge is 0.493 e. The molecule has 3 nitrogen and oxygen atoms in total. The van der Waals surface area contributed by atoms with E-state index in [1.54, 1.807) is 7.11 Å². The highest BCUT2D eigenvalue weighted by atomic mass is 79.9. The molecular formula is C15H25BrClNO2. The Bertz CT molecular complexity index is 411. The number of methoxy groups -OCH3 is 1. The second-order valence-corrected chi connectivity index (χ2v) is 6.20. The molecule has 0 atom stereocenters. The van der Waals surface area contributed by atoms with Gasteiger partial charge in [-0.15, -0.1) is 12.4 Å². The van der Waals surface area contributed by atoms with Crippen LogP contribution in [0.2, 0.25) is 0 Å². The SMILES string of the molecule is COc1cc(CNC(C)C)cc(Br)c1OCC(C)C.Cl. The number of rotatable bonds is 7. The van der Waals surface area contributed by atoms with Crippen molar-refractivity contribution in [2.45, 2.75) is 40.3 Å². The number of benzene rings is 1. The Hall–Kier alpha value is -0.450. The lowest BCUT2D eigenvalue weighted by molar-refractivity contribution is 0.255. The molecule has 0 aliphatic heterocycles. The molecule has 0 saturated heterocycles. The third kappa shape index (κ3) is 6.33. The minimum atomic E-state index is 0. The Morgan fingerprint density at radius 3 is 2.35 bits per heavy atom. The van der Waals surface area contributed by atoms with Gasteiger partial charge in [0.05, 0.1) is 18.2 Å². The molecule has 0 aromatic heterocycles. The van der Waals surface area contributed by atoms with Crippen molar-refractivity contribution >= 4 is 28.3 Å². The summed E-state index contributed by atoms with van der Waals surface area (Å²) in [5.74, 6) is 2.04. The van der Waals surface area contributed by atoms with E-state index >= 15 is 0 Å². The molecule has 0 saturated carbocycles. The lowest BCUT2D eigenvalue weighted by atomic mass is 10.2. The van der Waals surface area contributed by atoms with Crippen LogP contribution in [0.4, 0.5) is 0 Å². The average Bonchev–Trinajstić information content (AvgIpc) is 2.34. The van der Waals surface area contributed by atoms with E-state index in [-0.39, 0.29) is 12.4 Å². The fourth-order valence-electron chi connectivity index (χ4n) is 1.59. The van der Waals surface area contributed by atoms with Gasteiger partial charge in [-0.1, -0.05) is 27.7 Å². The van der Waals surface area contributed by atoms with Gasteiger partial charge < -0.3 is 14.8 Å². The van der Waals surface area contributed by atoms with Gasteiger partial charge in [-0.05, 0) is 39.5 Å². The molecule has 0 unspecified atom stereocenters. The summed E-state index contributed by atoms with van der Waals surface area (Å²) < 4.78 is 12.2. The zero-order valence-corrected chi connectivity index (χ0v) is 15.2. The molecule has 1 N–H and O–H groups in total. The number of nitrogens with one attached hydrogen (secondary N) is 1. The predicted octanol–water partition coefficient (Wildman–Crippen LogP) is 4.41. The third-order valence-corrected chi connectivity index (χ3v) is 3.15. The monoisotopic (exact) mass is 365 g/mol. The molecular weight excluding hydrogens is 342 g/mol. The van der Waals surface area contributed by atoms with E-state index in [0.29, 0.717) is 18.6 Å². The maximum Gasteiger partial charge on any atom is 0.175 e. The molecule has 0 amide bonds. The molecule has 0 aliphatic rings. The van der Waals surface area contributed by atoms with Crippen LogP contribution in [0, 0.1) is 5.92 Å². The normalized spacial score (nSPS) is 10.6. The van der Waals surface area contributed by atoms with E-state index in [1.807, 2.05) is 6.07 Å². The van der Waals surface area contributed by atoms with E-state index in [9.17, 15) is 0 Å². The number of halogens is 2. The second kappa shape index (κ2) is 9.48. The maximum atomic E-state index is 5.81.